The van der Waals surface area contributed by atoms with Crippen LogP contribution in [0.15, 0.2) is 41.3 Å². The normalized spacial score (nSPS) is 16.8. The molecule has 1 aromatic heterocycles. The number of carbonyl (C=O) groups excluding carboxylic acids is 1. The number of thiazole rings is 1. The number of carbonyl (C=O) groups is 1. The molecule has 1 atom stereocenters. The quantitative estimate of drug-likeness (QED) is 0.436. The van der Waals surface area contributed by atoms with Gasteiger partial charge in [0.25, 0.3) is 11.6 Å². The summed E-state index contributed by atoms with van der Waals surface area (Å²) >= 11 is 1.14. The standard InChI is InChI=1S/C21H22N4O5S2/c1-13-4-3-9-24(12-13)17-8-5-14(10-18(17)25(27)28)20(26)23-21-22-16-7-6-15(32(2,29)30)11-19(16)31-21/h5-8,10-11,13H,3-4,9,12H2,1-2H3,(H,22,23,26)/t13-/m1/s1. The Morgan fingerprint density at radius 1 is 1.28 bits per heavy atom. The Kier molecular flexibility index (Phi) is 5.87. The van der Waals surface area contributed by atoms with E-state index in [4.69, 9.17) is 0 Å². The summed E-state index contributed by atoms with van der Waals surface area (Å²) in [7, 11) is -3.36. The molecule has 0 unspecified atom stereocenters. The van der Waals surface area contributed by atoms with Gasteiger partial charge in [-0.15, -0.1) is 0 Å². The maximum Gasteiger partial charge on any atom is 0.293 e. The second-order valence-corrected chi connectivity index (χ2v) is 11.1. The molecular formula is C21H22N4O5S2. The number of hydrogen-bond acceptors (Lipinski definition) is 8. The number of anilines is 2. The molecule has 0 bridgehead atoms. The molecular weight excluding hydrogens is 452 g/mol. The third kappa shape index (κ3) is 4.58. The lowest BCUT2D eigenvalue weighted by Gasteiger charge is -2.32. The summed E-state index contributed by atoms with van der Waals surface area (Å²) in [4.78, 5) is 30.5. The minimum absolute atomic E-state index is 0.103. The van der Waals surface area contributed by atoms with Gasteiger partial charge < -0.3 is 4.90 Å². The largest absolute Gasteiger partial charge is 0.366 e. The van der Waals surface area contributed by atoms with E-state index < -0.39 is 20.7 Å². The first-order valence-electron chi connectivity index (χ1n) is 10.1. The van der Waals surface area contributed by atoms with Crippen LogP contribution in [0.3, 0.4) is 0 Å². The van der Waals surface area contributed by atoms with E-state index in [9.17, 15) is 23.3 Å². The highest BCUT2D eigenvalue weighted by atomic mass is 32.2. The van der Waals surface area contributed by atoms with Crippen LogP contribution >= 0.6 is 11.3 Å². The Hall–Kier alpha value is -3.05. The Balaban J connectivity index is 1.59. The van der Waals surface area contributed by atoms with Crippen molar-refractivity contribution in [1.29, 1.82) is 0 Å². The molecule has 2 heterocycles. The number of benzene rings is 2. The minimum atomic E-state index is -3.36. The van der Waals surface area contributed by atoms with Crippen LogP contribution in [0.1, 0.15) is 30.1 Å². The molecule has 3 aromatic rings. The lowest BCUT2D eigenvalue weighted by Crippen LogP contribution is -2.34. The summed E-state index contributed by atoms with van der Waals surface area (Å²) in [5.74, 6) is -0.0670. The molecule has 1 amide bonds. The lowest BCUT2D eigenvalue weighted by molar-refractivity contribution is -0.384. The first kappa shape index (κ1) is 22.2. The summed E-state index contributed by atoms with van der Waals surface area (Å²) in [6.45, 7) is 3.61. The molecule has 0 radical (unpaired) electrons. The number of fused-ring (bicyclic) bond motifs is 1. The second kappa shape index (κ2) is 8.47. The van der Waals surface area contributed by atoms with E-state index >= 15 is 0 Å². The lowest BCUT2D eigenvalue weighted by atomic mass is 9.99. The fourth-order valence-corrected chi connectivity index (χ4v) is 5.47. The summed E-state index contributed by atoms with van der Waals surface area (Å²) in [6.07, 6.45) is 3.19. The van der Waals surface area contributed by atoms with Crippen molar-refractivity contribution in [2.75, 3.05) is 29.6 Å². The smallest absolute Gasteiger partial charge is 0.293 e. The molecule has 1 aliphatic heterocycles. The van der Waals surface area contributed by atoms with Gasteiger partial charge in [-0.2, -0.15) is 0 Å². The van der Waals surface area contributed by atoms with Crippen LogP contribution in [0, 0.1) is 16.0 Å². The van der Waals surface area contributed by atoms with Gasteiger partial charge in [0.2, 0.25) is 0 Å². The van der Waals surface area contributed by atoms with Crippen LogP contribution in [0.5, 0.6) is 0 Å². The van der Waals surface area contributed by atoms with Crippen molar-refractivity contribution in [3.8, 4) is 0 Å². The molecule has 9 nitrogen and oxygen atoms in total. The number of sulfone groups is 1. The number of nitro groups is 1. The van der Waals surface area contributed by atoms with Crippen LogP contribution < -0.4 is 10.2 Å². The zero-order valence-corrected chi connectivity index (χ0v) is 19.2. The topological polar surface area (TPSA) is 123 Å². The number of rotatable bonds is 5. The first-order chi connectivity index (χ1) is 15.1. The predicted molar refractivity (Wildman–Crippen MR) is 124 cm³/mol. The molecule has 1 fully saturated rings. The molecule has 0 saturated carbocycles. The highest BCUT2D eigenvalue weighted by Gasteiger charge is 2.25. The highest BCUT2D eigenvalue weighted by Crippen LogP contribution is 2.33. The molecule has 11 heteroatoms. The minimum Gasteiger partial charge on any atom is -0.366 e. The van der Waals surface area contributed by atoms with Gasteiger partial charge in [0.05, 0.1) is 20.0 Å². The van der Waals surface area contributed by atoms with Crippen molar-refractivity contribution in [3.63, 3.8) is 0 Å². The number of hydrogen-bond donors (Lipinski definition) is 1. The fraction of sp³-hybridized carbons (Fsp3) is 0.333. The van der Waals surface area contributed by atoms with Gasteiger partial charge in [-0.05, 0) is 49.1 Å². The Labute approximate surface area is 189 Å². The van der Waals surface area contributed by atoms with Gasteiger partial charge >= 0.3 is 0 Å². The zero-order valence-electron chi connectivity index (χ0n) is 17.6. The summed E-state index contributed by atoms with van der Waals surface area (Å²) < 4.78 is 24.1. The molecule has 4 rings (SSSR count). The van der Waals surface area contributed by atoms with Crippen molar-refractivity contribution >= 4 is 53.8 Å². The van der Waals surface area contributed by atoms with Gasteiger partial charge in [0.15, 0.2) is 15.0 Å². The molecule has 1 aliphatic rings. The van der Waals surface area contributed by atoms with E-state index in [1.807, 2.05) is 4.90 Å². The molecule has 32 heavy (non-hydrogen) atoms. The molecule has 2 aromatic carbocycles. The van der Waals surface area contributed by atoms with Crippen LogP contribution in [-0.2, 0) is 9.84 Å². The number of nitrogens with zero attached hydrogens (tertiary/aromatic N) is 3. The molecule has 1 N–H and O–H groups in total. The molecule has 1 saturated heterocycles. The Bertz CT molecular complexity index is 1320. The average Bonchev–Trinajstić information content (AvgIpc) is 3.14. The third-order valence-corrected chi connectivity index (χ3v) is 7.48. The maximum atomic E-state index is 12.8. The molecule has 0 aliphatic carbocycles. The second-order valence-electron chi connectivity index (χ2n) is 8.03. The number of piperidine rings is 1. The number of amides is 1. The number of nitro benzene ring substituents is 1. The van der Waals surface area contributed by atoms with Crippen molar-refractivity contribution in [2.45, 2.75) is 24.7 Å². The Morgan fingerprint density at radius 2 is 2.06 bits per heavy atom. The van der Waals surface area contributed by atoms with Crippen molar-refractivity contribution < 1.29 is 18.1 Å². The number of nitrogens with one attached hydrogen (secondary N) is 1. The van der Waals surface area contributed by atoms with Crippen molar-refractivity contribution in [1.82, 2.24) is 4.98 Å². The SMILES string of the molecule is C[C@@H]1CCCN(c2ccc(C(=O)Nc3nc4ccc(S(C)(=O)=O)cc4s3)cc2[N+](=O)[O-])C1. The van der Waals surface area contributed by atoms with Crippen molar-refractivity contribution in [3.05, 3.63) is 52.1 Å². The van der Waals surface area contributed by atoms with E-state index in [2.05, 4.69) is 17.2 Å². The fourth-order valence-electron chi connectivity index (χ4n) is 3.84. The van der Waals surface area contributed by atoms with Gasteiger partial charge in [0, 0.05) is 31.0 Å². The first-order valence-corrected chi connectivity index (χ1v) is 12.8. The van der Waals surface area contributed by atoms with Gasteiger partial charge in [0.1, 0.15) is 5.69 Å². The summed E-state index contributed by atoms with van der Waals surface area (Å²) in [5, 5.41) is 14.6. The molecule has 0 spiro atoms. The van der Waals surface area contributed by atoms with Gasteiger partial charge in [-0.3, -0.25) is 20.2 Å². The van der Waals surface area contributed by atoms with E-state index in [-0.39, 0.29) is 21.3 Å². The summed E-state index contributed by atoms with van der Waals surface area (Å²) in [6, 6.07) is 9.05. The van der Waals surface area contributed by atoms with E-state index in [0.717, 1.165) is 43.5 Å². The van der Waals surface area contributed by atoms with Gasteiger partial charge in [-0.1, -0.05) is 18.3 Å². The van der Waals surface area contributed by atoms with E-state index in [0.29, 0.717) is 21.8 Å². The monoisotopic (exact) mass is 474 g/mol. The predicted octanol–water partition coefficient (Wildman–Crippen LogP) is 4.10. The number of aromatic nitrogens is 1. The van der Waals surface area contributed by atoms with Crippen molar-refractivity contribution in [2.24, 2.45) is 5.92 Å². The van der Waals surface area contributed by atoms with Crippen LogP contribution in [-0.4, -0.2) is 43.6 Å². The summed E-state index contributed by atoms with van der Waals surface area (Å²) in [5.41, 5.74) is 1.13. The van der Waals surface area contributed by atoms with E-state index in [1.54, 1.807) is 18.2 Å². The molecule has 168 valence electrons. The highest BCUT2D eigenvalue weighted by molar-refractivity contribution is 7.90. The van der Waals surface area contributed by atoms with Crippen LogP contribution in [0.25, 0.3) is 10.2 Å². The Morgan fingerprint density at radius 3 is 2.75 bits per heavy atom. The average molecular weight is 475 g/mol. The zero-order chi connectivity index (χ0) is 23.0. The maximum absolute atomic E-state index is 12.8. The van der Waals surface area contributed by atoms with E-state index in [1.165, 1.54) is 18.2 Å². The van der Waals surface area contributed by atoms with Crippen LogP contribution in [0.2, 0.25) is 0 Å². The third-order valence-electron chi connectivity index (χ3n) is 5.44. The van der Waals surface area contributed by atoms with Gasteiger partial charge in [-0.25, -0.2) is 13.4 Å². The van der Waals surface area contributed by atoms with Crippen LogP contribution in [0.4, 0.5) is 16.5 Å².